The molecule has 0 amide bonds. The zero-order valence-electron chi connectivity index (χ0n) is 10.2. The summed E-state index contributed by atoms with van der Waals surface area (Å²) < 4.78 is 0. The molecule has 0 saturated heterocycles. The van der Waals surface area contributed by atoms with Crippen LogP contribution in [0.4, 0.5) is 0 Å². The topological polar surface area (TPSA) is 32.9 Å². The van der Waals surface area contributed by atoms with Crippen molar-refractivity contribution in [3.8, 4) is 0 Å². The second-order valence-electron chi connectivity index (χ2n) is 4.51. The lowest BCUT2D eigenvalue weighted by atomic mass is 10.0. The maximum atomic E-state index is 12.0. The minimum Gasteiger partial charge on any atom is -0.322 e. The Labute approximate surface area is 115 Å². The van der Waals surface area contributed by atoms with Gasteiger partial charge in [-0.2, -0.15) is 0 Å². The first-order valence-corrected chi connectivity index (χ1v) is 6.45. The number of benzene rings is 2. The third-order valence-electron chi connectivity index (χ3n) is 3.14. The van der Waals surface area contributed by atoms with E-state index < -0.39 is 0 Å². The van der Waals surface area contributed by atoms with Gasteiger partial charge in [0.25, 0.3) is 5.56 Å². The van der Waals surface area contributed by atoms with Crippen molar-refractivity contribution in [3.05, 3.63) is 81.1 Å². The Morgan fingerprint density at radius 2 is 1.74 bits per heavy atom. The Morgan fingerprint density at radius 1 is 1.00 bits per heavy atom. The maximum absolute atomic E-state index is 12.0. The summed E-state index contributed by atoms with van der Waals surface area (Å²) in [5, 5.41) is 1.75. The van der Waals surface area contributed by atoms with Gasteiger partial charge < -0.3 is 4.98 Å². The molecular weight excluding hydrogens is 258 g/mol. The summed E-state index contributed by atoms with van der Waals surface area (Å²) in [6.45, 7) is 0. The number of fused-ring (bicyclic) bond motifs is 1. The van der Waals surface area contributed by atoms with Crippen LogP contribution in [-0.4, -0.2) is 4.98 Å². The van der Waals surface area contributed by atoms with Crippen LogP contribution in [0.3, 0.4) is 0 Å². The van der Waals surface area contributed by atoms with Crippen molar-refractivity contribution in [1.29, 1.82) is 0 Å². The predicted octanol–water partition coefficient (Wildman–Crippen LogP) is 3.77. The minimum absolute atomic E-state index is 0.0337. The van der Waals surface area contributed by atoms with E-state index in [1.807, 2.05) is 54.6 Å². The van der Waals surface area contributed by atoms with E-state index in [9.17, 15) is 4.79 Å². The first-order chi connectivity index (χ1) is 9.22. The van der Waals surface area contributed by atoms with Crippen molar-refractivity contribution in [3.63, 3.8) is 0 Å². The number of hydrogen-bond donors (Lipinski definition) is 1. The van der Waals surface area contributed by atoms with Gasteiger partial charge in [-0.15, -0.1) is 0 Å². The highest BCUT2D eigenvalue weighted by Crippen LogP contribution is 2.15. The van der Waals surface area contributed by atoms with Crippen LogP contribution >= 0.6 is 11.6 Å². The molecule has 1 aromatic heterocycles. The van der Waals surface area contributed by atoms with Crippen LogP contribution in [0.5, 0.6) is 0 Å². The van der Waals surface area contributed by atoms with Crippen LogP contribution in [0, 0.1) is 0 Å². The fraction of sp³-hybridized carbons (Fsp3) is 0.0625. The van der Waals surface area contributed by atoms with Gasteiger partial charge in [-0.1, -0.05) is 41.9 Å². The van der Waals surface area contributed by atoms with Gasteiger partial charge in [0.05, 0.1) is 0 Å². The summed E-state index contributed by atoms with van der Waals surface area (Å²) in [6, 6.07) is 17.3. The first-order valence-electron chi connectivity index (χ1n) is 6.08. The molecule has 0 aliphatic carbocycles. The number of nitrogens with one attached hydrogen (secondary N) is 1. The van der Waals surface area contributed by atoms with Gasteiger partial charge in [-0.25, -0.2) is 0 Å². The number of aromatic amines is 1. The largest absolute Gasteiger partial charge is 0.322 e. The van der Waals surface area contributed by atoms with E-state index in [0.29, 0.717) is 11.4 Å². The van der Waals surface area contributed by atoms with E-state index in [1.165, 1.54) is 0 Å². The van der Waals surface area contributed by atoms with Gasteiger partial charge in [0.1, 0.15) is 0 Å². The second kappa shape index (κ2) is 4.90. The van der Waals surface area contributed by atoms with Crippen LogP contribution in [0.15, 0.2) is 59.4 Å². The molecule has 19 heavy (non-hydrogen) atoms. The SMILES string of the molecule is O=c1[nH]c2ccccc2cc1Cc1ccc(Cl)cc1. The van der Waals surface area contributed by atoms with Crippen molar-refractivity contribution in [2.24, 2.45) is 0 Å². The zero-order valence-corrected chi connectivity index (χ0v) is 10.9. The normalized spacial score (nSPS) is 10.8. The van der Waals surface area contributed by atoms with E-state index in [2.05, 4.69) is 4.98 Å². The summed E-state index contributed by atoms with van der Waals surface area (Å²) in [6.07, 6.45) is 0.608. The van der Waals surface area contributed by atoms with E-state index in [1.54, 1.807) is 0 Å². The molecule has 1 heterocycles. The summed E-state index contributed by atoms with van der Waals surface area (Å²) in [5.74, 6) is 0. The molecule has 2 nitrogen and oxygen atoms in total. The highest BCUT2D eigenvalue weighted by atomic mass is 35.5. The fourth-order valence-corrected chi connectivity index (χ4v) is 2.27. The number of para-hydroxylation sites is 1. The van der Waals surface area contributed by atoms with Gasteiger partial charge in [-0.3, -0.25) is 4.79 Å². The van der Waals surface area contributed by atoms with E-state index in [4.69, 9.17) is 11.6 Å². The summed E-state index contributed by atoms with van der Waals surface area (Å²) in [4.78, 5) is 14.9. The Hall–Kier alpha value is -2.06. The Kier molecular flexibility index (Phi) is 3.10. The molecule has 1 N–H and O–H groups in total. The molecule has 0 aliphatic rings. The molecule has 0 fully saturated rings. The quantitative estimate of drug-likeness (QED) is 0.755. The van der Waals surface area contributed by atoms with Gasteiger partial charge >= 0.3 is 0 Å². The van der Waals surface area contributed by atoms with E-state index in [-0.39, 0.29) is 5.56 Å². The molecule has 0 unspecified atom stereocenters. The van der Waals surface area contributed by atoms with Crippen LogP contribution in [-0.2, 0) is 6.42 Å². The third-order valence-corrected chi connectivity index (χ3v) is 3.39. The highest BCUT2D eigenvalue weighted by Gasteiger charge is 2.04. The lowest BCUT2D eigenvalue weighted by Crippen LogP contribution is -2.12. The van der Waals surface area contributed by atoms with Crippen LogP contribution in [0.2, 0.25) is 5.02 Å². The van der Waals surface area contributed by atoms with Crippen molar-refractivity contribution in [2.45, 2.75) is 6.42 Å². The fourth-order valence-electron chi connectivity index (χ4n) is 2.15. The summed E-state index contributed by atoms with van der Waals surface area (Å²) >= 11 is 5.86. The Balaban J connectivity index is 2.03. The van der Waals surface area contributed by atoms with Crippen molar-refractivity contribution >= 4 is 22.5 Å². The average molecular weight is 270 g/mol. The molecule has 2 aromatic carbocycles. The number of hydrogen-bond acceptors (Lipinski definition) is 1. The third kappa shape index (κ3) is 2.54. The van der Waals surface area contributed by atoms with E-state index >= 15 is 0 Å². The van der Waals surface area contributed by atoms with E-state index in [0.717, 1.165) is 22.0 Å². The van der Waals surface area contributed by atoms with Crippen LogP contribution in [0.25, 0.3) is 10.9 Å². The lowest BCUT2D eigenvalue weighted by Gasteiger charge is -2.04. The van der Waals surface area contributed by atoms with Gasteiger partial charge in [-0.05, 0) is 35.2 Å². The molecule has 0 aliphatic heterocycles. The molecule has 3 heteroatoms. The number of pyridine rings is 1. The molecule has 0 spiro atoms. The van der Waals surface area contributed by atoms with Crippen LogP contribution < -0.4 is 5.56 Å². The summed E-state index contributed by atoms with van der Waals surface area (Å²) in [5.41, 5.74) is 2.67. The number of H-pyrrole nitrogens is 1. The molecule has 0 atom stereocenters. The monoisotopic (exact) mass is 269 g/mol. The predicted molar refractivity (Wildman–Crippen MR) is 78.8 cm³/mol. The van der Waals surface area contributed by atoms with Crippen molar-refractivity contribution in [2.75, 3.05) is 0 Å². The molecule has 0 saturated carbocycles. The average Bonchev–Trinajstić information content (AvgIpc) is 2.42. The molecule has 3 rings (SSSR count). The molecule has 3 aromatic rings. The molecule has 0 radical (unpaired) electrons. The smallest absolute Gasteiger partial charge is 0.251 e. The Bertz CT molecular complexity index is 775. The Morgan fingerprint density at radius 3 is 2.53 bits per heavy atom. The lowest BCUT2D eigenvalue weighted by molar-refractivity contribution is 1.12. The summed E-state index contributed by atoms with van der Waals surface area (Å²) in [7, 11) is 0. The first kappa shape index (κ1) is 12.0. The maximum Gasteiger partial charge on any atom is 0.251 e. The van der Waals surface area contributed by atoms with Gasteiger partial charge in [0, 0.05) is 22.5 Å². The number of aromatic nitrogens is 1. The zero-order chi connectivity index (χ0) is 13.2. The molecular formula is C16H12ClNO. The second-order valence-corrected chi connectivity index (χ2v) is 4.95. The van der Waals surface area contributed by atoms with Gasteiger partial charge in [0.15, 0.2) is 0 Å². The number of halogens is 1. The van der Waals surface area contributed by atoms with Crippen LogP contribution in [0.1, 0.15) is 11.1 Å². The standard InChI is InChI=1S/C16H12ClNO/c17-14-7-5-11(6-8-14)9-13-10-12-3-1-2-4-15(12)18-16(13)19/h1-8,10H,9H2,(H,18,19). The van der Waals surface area contributed by atoms with Crippen molar-refractivity contribution < 1.29 is 0 Å². The molecule has 0 bridgehead atoms. The van der Waals surface area contributed by atoms with Crippen molar-refractivity contribution in [1.82, 2.24) is 4.98 Å². The minimum atomic E-state index is -0.0337. The number of rotatable bonds is 2. The highest BCUT2D eigenvalue weighted by molar-refractivity contribution is 6.30. The molecule has 94 valence electrons. The van der Waals surface area contributed by atoms with Gasteiger partial charge in [0.2, 0.25) is 0 Å².